The summed E-state index contributed by atoms with van der Waals surface area (Å²) in [6.45, 7) is 3.69. The van der Waals surface area contributed by atoms with Gasteiger partial charge in [0, 0.05) is 25.1 Å². The van der Waals surface area contributed by atoms with E-state index in [-0.39, 0.29) is 5.78 Å². The molecule has 4 heteroatoms. The summed E-state index contributed by atoms with van der Waals surface area (Å²) in [7, 11) is 3.12. The van der Waals surface area contributed by atoms with Gasteiger partial charge in [0.2, 0.25) is 0 Å². The molecule has 0 amide bonds. The van der Waals surface area contributed by atoms with Crippen LogP contribution in [-0.4, -0.2) is 20.0 Å². The van der Waals surface area contributed by atoms with Gasteiger partial charge >= 0.3 is 0 Å². The average Bonchev–Trinajstić information content (AvgIpc) is 2.80. The van der Waals surface area contributed by atoms with Crippen LogP contribution in [-0.2, 0) is 13.1 Å². The molecular formula is C25H29NO3. The van der Waals surface area contributed by atoms with E-state index in [1.54, 1.807) is 32.4 Å². The van der Waals surface area contributed by atoms with Gasteiger partial charge in [-0.3, -0.25) is 4.79 Å². The molecule has 3 rings (SSSR count). The Morgan fingerprint density at radius 2 is 1.28 bits per heavy atom. The van der Waals surface area contributed by atoms with Gasteiger partial charge in [0.1, 0.15) is 0 Å². The number of benzene rings is 3. The van der Waals surface area contributed by atoms with Crippen molar-refractivity contribution in [1.82, 2.24) is 5.32 Å². The number of rotatable bonds is 8. The highest BCUT2D eigenvalue weighted by molar-refractivity contribution is 5.96. The molecule has 0 aromatic heterocycles. The number of methoxy groups -OCH3 is 2. The number of nitrogens with one attached hydrogen (secondary N) is 1. The minimum absolute atomic E-state index is 0.103. The van der Waals surface area contributed by atoms with E-state index in [0.29, 0.717) is 23.5 Å². The maximum atomic E-state index is 11.4. The maximum Gasteiger partial charge on any atom is 0.162 e. The first-order valence-corrected chi connectivity index (χ1v) is 9.71. The summed E-state index contributed by atoms with van der Waals surface area (Å²) < 4.78 is 10.2. The molecule has 3 aromatic carbocycles. The van der Waals surface area contributed by atoms with Crippen molar-refractivity contribution >= 4 is 5.78 Å². The summed E-state index contributed by atoms with van der Waals surface area (Å²) in [5.74, 6) is 1.33. The Labute approximate surface area is 173 Å². The Morgan fingerprint density at radius 3 is 1.72 bits per heavy atom. The number of ether oxygens (including phenoxy) is 2. The van der Waals surface area contributed by atoms with E-state index >= 15 is 0 Å². The lowest BCUT2D eigenvalue weighted by Gasteiger charge is -2.08. The lowest BCUT2D eigenvalue weighted by atomic mass is 10.1. The first-order valence-electron chi connectivity index (χ1n) is 9.71. The second-order valence-electron chi connectivity index (χ2n) is 6.42. The van der Waals surface area contributed by atoms with Crippen LogP contribution in [0.3, 0.4) is 0 Å². The van der Waals surface area contributed by atoms with Crippen molar-refractivity contribution in [2.45, 2.75) is 26.4 Å². The van der Waals surface area contributed by atoms with Gasteiger partial charge in [-0.05, 0) is 29.3 Å². The summed E-state index contributed by atoms with van der Waals surface area (Å²) >= 11 is 0. The summed E-state index contributed by atoms with van der Waals surface area (Å²) in [6, 6.07) is 26.1. The molecule has 0 fully saturated rings. The second-order valence-corrected chi connectivity index (χ2v) is 6.42. The number of carbonyl (C=O) groups excluding carboxylic acids is 1. The van der Waals surface area contributed by atoms with Crippen LogP contribution in [0.4, 0.5) is 0 Å². The molecule has 0 aliphatic heterocycles. The minimum atomic E-state index is 0.103. The SMILES string of the molecule is CCC(=O)c1ccc(OC)c(OC)c1.c1ccc(CNCc2ccccc2)cc1. The van der Waals surface area contributed by atoms with E-state index in [1.807, 2.05) is 19.1 Å². The third-order valence-corrected chi connectivity index (χ3v) is 4.37. The number of carbonyl (C=O) groups is 1. The van der Waals surface area contributed by atoms with Gasteiger partial charge in [-0.15, -0.1) is 0 Å². The molecular weight excluding hydrogens is 362 g/mol. The van der Waals surface area contributed by atoms with E-state index in [0.717, 1.165) is 13.1 Å². The largest absolute Gasteiger partial charge is 0.493 e. The molecule has 0 aliphatic carbocycles. The summed E-state index contributed by atoms with van der Waals surface area (Å²) in [5.41, 5.74) is 3.31. The van der Waals surface area contributed by atoms with E-state index in [9.17, 15) is 4.79 Å². The van der Waals surface area contributed by atoms with E-state index < -0.39 is 0 Å². The van der Waals surface area contributed by atoms with Gasteiger partial charge in [-0.1, -0.05) is 67.6 Å². The average molecular weight is 392 g/mol. The standard InChI is InChI=1S/C14H15N.C11H14O3/c1-3-7-13(8-4-1)11-15-12-14-9-5-2-6-10-14;1-4-9(12)8-5-6-10(13-2)11(7-8)14-3/h1-10,15H,11-12H2;5-7H,4H2,1-3H3. The van der Waals surface area contributed by atoms with Crippen molar-refractivity contribution in [1.29, 1.82) is 0 Å². The normalized spacial score (nSPS) is 9.90. The molecule has 29 heavy (non-hydrogen) atoms. The number of hydrogen-bond donors (Lipinski definition) is 1. The molecule has 0 radical (unpaired) electrons. The molecule has 0 spiro atoms. The Morgan fingerprint density at radius 1 is 0.759 bits per heavy atom. The fourth-order valence-electron chi connectivity index (χ4n) is 2.76. The highest BCUT2D eigenvalue weighted by Crippen LogP contribution is 2.27. The predicted octanol–water partition coefficient (Wildman–Crippen LogP) is 5.27. The molecule has 3 aromatic rings. The lowest BCUT2D eigenvalue weighted by Crippen LogP contribution is -2.12. The van der Waals surface area contributed by atoms with Crippen LogP contribution in [0.5, 0.6) is 11.5 Å². The van der Waals surface area contributed by atoms with Gasteiger partial charge in [0.05, 0.1) is 14.2 Å². The Kier molecular flexibility index (Phi) is 9.46. The Bertz CT molecular complexity index is 824. The monoisotopic (exact) mass is 391 g/mol. The van der Waals surface area contributed by atoms with Gasteiger partial charge in [-0.2, -0.15) is 0 Å². The third-order valence-electron chi connectivity index (χ3n) is 4.37. The third kappa shape index (κ3) is 7.43. The summed E-state index contributed by atoms with van der Waals surface area (Å²) in [6.07, 6.45) is 0.496. The van der Waals surface area contributed by atoms with Crippen molar-refractivity contribution in [2.75, 3.05) is 14.2 Å². The van der Waals surface area contributed by atoms with Crippen molar-refractivity contribution in [3.05, 3.63) is 95.6 Å². The molecule has 0 saturated carbocycles. The van der Waals surface area contributed by atoms with Crippen molar-refractivity contribution in [3.8, 4) is 11.5 Å². The number of hydrogen-bond acceptors (Lipinski definition) is 4. The van der Waals surface area contributed by atoms with Crippen LogP contribution in [0.15, 0.2) is 78.9 Å². The van der Waals surface area contributed by atoms with Crippen LogP contribution < -0.4 is 14.8 Å². The zero-order valence-corrected chi connectivity index (χ0v) is 17.4. The van der Waals surface area contributed by atoms with Crippen LogP contribution in [0, 0.1) is 0 Å². The van der Waals surface area contributed by atoms with Gasteiger partial charge in [-0.25, -0.2) is 0 Å². The fraction of sp³-hybridized carbons (Fsp3) is 0.240. The van der Waals surface area contributed by atoms with Crippen LogP contribution >= 0.6 is 0 Å². The smallest absolute Gasteiger partial charge is 0.162 e. The molecule has 4 nitrogen and oxygen atoms in total. The van der Waals surface area contributed by atoms with E-state index in [1.165, 1.54) is 11.1 Å². The maximum absolute atomic E-state index is 11.4. The predicted molar refractivity (Wildman–Crippen MR) is 118 cm³/mol. The van der Waals surface area contributed by atoms with Crippen LogP contribution in [0.2, 0.25) is 0 Å². The molecule has 1 N–H and O–H groups in total. The van der Waals surface area contributed by atoms with Crippen LogP contribution in [0.1, 0.15) is 34.8 Å². The zero-order valence-electron chi connectivity index (χ0n) is 17.4. The second kappa shape index (κ2) is 12.4. The quantitative estimate of drug-likeness (QED) is 0.531. The molecule has 0 saturated heterocycles. The van der Waals surface area contributed by atoms with E-state index in [2.05, 4.69) is 53.8 Å². The molecule has 0 aliphatic rings. The van der Waals surface area contributed by atoms with Gasteiger partial charge in [0.15, 0.2) is 17.3 Å². The van der Waals surface area contributed by atoms with Gasteiger partial charge < -0.3 is 14.8 Å². The van der Waals surface area contributed by atoms with Crippen molar-refractivity contribution < 1.29 is 14.3 Å². The Balaban J connectivity index is 0.000000208. The fourth-order valence-corrected chi connectivity index (χ4v) is 2.76. The van der Waals surface area contributed by atoms with Crippen molar-refractivity contribution in [2.24, 2.45) is 0 Å². The van der Waals surface area contributed by atoms with Crippen LogP contribution in [0.25, 0.3) is 0 Å². The highest BCUT2D eigenvalue weighted by Gasteiger charge is 2.08. The topological polar surface area (TPSA) is 47.6 Å². The van der Waals surface area contributed by atoms with Crippen molar-refractivity contribution in [3.63, 3.8) is 0 Å². The molecule has 152 valence electrons. The van der Waals surface area contributed by atoms with E-state index in [4.69, 9.17) is 9.47 Å². The lowest BCUT2D eigenvalue weighted by molar-refractivity contribution is 0.0987. The molecule has 0 atom stereocenters. The minimum Gasteiger partial charge on any atom is -0.493 e. The van der Waals surface area contributed by atoms with Gasteiger partial charge in [0.25, 0.3) is 0 Å². The first kappa shape index (κ1) is 22.2. The molecule has 0 unspecified atom stereocenters. The summed E-state index contributed by atoms with van der Waals surface area (Å²) in [4.78, 5) is 11.4. The molecule has 0 heterocycles. The Hall–Kier alpha value is -3.11. The zero-order chi connectivity index (χ0) is 20.9. The molecule has 0 bridgehead atoms. The summed E-state index contributed by atoms with van der Waals surface area (Å²) in [5, 5.41) is 3.42. The first-order chi connectivity index (χ1) is 14.2. The number of ketones is 1. The number of Topliss-reactive ketones (excluding diaryl/α,β-unsaturated/α-hetero) is 1. The highest BCUT2D eigenvalue weighted by atomic mass is 16.5.